The van der Waals surface area contributed by atoms with Gasteiger partial charge in [-0.25, -0.2) is 0 Å². The van der Waals surface area contributed by atoms with E-state index in [0.717, 1.165) is 0 Å². The zero-order valence-corrected chi connectivity index (χ0v) is 5.43. The zero-order chi connectivity index (χ0) is 8.15. The number of carboxylic acids is 1. The molecule has 6 heteroatoms. The molecular weight excluding hydrogens is 136 g/mol. The maximum Gasteiger partial charge on any atom is 0.320 e. The number of hydrogen-bond donors (Lipinski definition) is 2. The Bertz CT molecular complexity index is 168. The summed E-state index contributed by atoms with van der Waals surface area (Å²) in [5, 5.41) is 11.4. The Kier molecular flexibility index (Phi) is 3.24. The van der Waals surface area contributed by atoms with E-state index in [1.54, 1.807) is 0 Å². The van der Waals surface area contributed by atoms with Gasteiger partial charge in [-0.05, 0) is 5.53 Å². The number of rotatable bonds is 3. The second kappa shape index (κ2) is 3.71. The lowest BCUT2D eigenvalue weighted by molar-refractivity contribution is -0.138. The van der Waals surface area contributed by atoms with Gasteiger partial charge in [-0.15, -0.1) is 0 Å². The highest BCUT2D eigenvalue weighted by atomic mass is 16.4. The highest BCUT2D eigenvalue weighted by molar-refractivity contribution is 5.74. The summed E-state index contributed by atoms with van der Waals surface area (Å²) in [4.78, 5) is 12.5. The minimum absolute atomic E-state index is 0.706. The molecule has 10 heavy (non-hydrogen) atoms. The van der Waals surface area contributed by atoms with Crippen molar-refractivity contribution in [2.45, 2.75) is 19.0 Å². The Labute approximate surface area is 57.3 Å². The summed E-state index contributed by atoms with van der Waals surface area (Å²) in [5.41, 5.74) is 13.0. The van der Waals surface area contributed by atoms with Crippen LogP contribution >= 0.6 is 0 Å². The van der Waals surface area contributed by atoms with Crippen molar-refractivity contribution in [2.75, 3.05) is 0 Å². The van der Waals surface area contributed by atoms with Crippen LogP contribution in [0.4, 0.5) is 0 Å². The van der Waals surface area contributed by atoms with Gasteiger partial charge in [0.15, 0.2) is 0 Å². The van der Waals surface area contributed by atoms with Crippen LogP contribution in [0.25, 0.3) is 10.4 Å². The van der Waals surface area contributed by atoms with Gasteiger partial charge in [0.2, 0.25) is 0 Å². The molecule has 0 aromatic carbocycles. The van der Waals surface area contributed by atoms with E-state index >= 15 is 0 Å². The molecule has 2 atom stereocenters. The Morgan fingerprint density at radius 2 is 2.40 bits per heavy atom. The SMILES string of the molecule is CC(N=[N+]=[N-])C(N)C(=O)O. The van der Waals surface area contributed by atoms with E-state index in [2.05, 4.69) is 10.0 Å². The molecule has 2 unspecified atom stereocenters. The van der Waals surface area contributed by atoms with Crippen LogP contribution in [0, 0.1) is 0 Å². The van der Waals surface area contributed by atoms with Gasteiger partial charge < -0.3 is 10.8 Å². The lowest BCUT2D eigenvalue weighted by Crippen LogP contribution is -2.38. The summed E-state index contributed by atoms with van der Waals surface area (Å²) in [6, 6.07) is -1.82. The molecule has 0 radical (unpaired) electrons. The molecule has 56 valence electrons. The van der Waals surface area contributed by atoms with Crippen molar-refractivity contribution >= 4 is 5.97 Å². The minimum atomic E-state index is -1.17. The number of aliphatic carboxylic acids is 1. The Morgan fingerprint density at radius 3 is 2.70 bits per heavy atom. The quantitative estimate of drug-likeness (QED) is 0.332. The molecule has 0 saturated carbocycles. The van der Waals surface area contributed by atoms with E-state index in [1.165, 1.54) is 6.92 Å². The summed E-state index contributed by atoms with van der Waals surface area (Å²) in [6.07, 6.45) is 0. The third-order valence-electron chi connectivity index (χ3n) is 1.04. The van der Waals surface area contributed by atoms with Crippen molar-refractivity contribution in [3.05, 3.63) is 10.4 Å². The molecule has 6 nitrogen and oxygen atoms in total. The summed E-state index contributed by atoms with van der Waals surface area (Å²) in [7, 11) is 0. The first kappa shape index (κ1) is 8.74. The van der Waals surface area contributed by atoms with Gasteiger partial charge >= 0.3 is 5.97 Å². The van der Waals surface area contributed by atoms with Crippen molar-refractivity contribution in [1.82, 2.24) is 0 Å². The topological polar surface area (TPSA) is 112 Å². The second-order valence-corrected chi connectivity index (χ2v) is 1.81. The molecule has 0 saturated heterocycles. The van der Waals surface area contributed by atoms with Gasteiger partial charge in [0, 0.05) is 4.91 Å². The van der Waals surface area contributed by atoms with Crippen LogP contribution in [0.3, 0.4) is 0 Å². The van der Waals surface area contributed by atoms with Crippen LogP contribution in [0.2, 0.25) is 0 Å². The highest BCUT2D eigenvalue weighted by Crippen LogP contribution is 1.94. The molecule has 0 aliphatic carbocycles. The molecule has 0 aromatic heterocycles. The van der Waals surface area contributed by atoms with Crippen molar-refractivity contribution in [1.29, 1.82) is 0 Å². The fourth-order valence-electron chi connectivity index (χ4n) is 0.360. The van der Waals surface area contributed by atoms with E-state index in [-0.39, 0.29) is 0 Å². The molecule has 0 spiro atoms. The maximum absolute atomic E-state index is 10.1. The van der Waals surface area contributed by atoms with Gasteiger partial charge in [-0.1, -0.05) is 12.0 Å². The molecule has 0 rings (SSSR count). The Hall–Kier alpha value is -1.26. The Balaban J connectivity index is 4.06. The van der Waals surface area contributed by atoms with Crippen LogP contribution in [0.15, 0.2) is 5.11 Å². The standard InChI is InChI=1S/C4H8N4O2/c1-2(7-8-6)3(5)4(9)10/h2-3H,5H2,1H3,(H,9,10). The molecule has 0 aromatic rings. The molecule has 3 N–H and O–H groups in total. The molecule has 0 heterocycles. The second-order valence-electron chi connectivity index (χ2n) is 1.81. The normalized spacial score (nSPS) is 15.0. The monoisotopic (exact) mass is 144 g/mol. The van der Waals surface area contributed by atoms with Crippen LogP contribution in [0.1, 0.15) is 6.92 Å². The van der Waals surface area contributed by atoms with E-state index in [9.17, 15) is 4.79 Å². The van der Waals surface area contributed by atoms with E-state index in [1.807, 2.05) is 0 Å². The average molecular weight is 144 g/mol. The fraction of sp³-hybridized carbons (Fsp3) is 0.750. The predicted molar refractivity (Wildman–Crippen MR) is 34.2 cm³/mol. The Morgan fingerprint density at radius 1 is 1.90 bits per heavy atom. The van der Waals surface area contributed by atoms with Gasteiger partial charge in [-0.3, -0.25) is 4.79 Å². The summed E-state index contributed by atoms with van der Waals surface area (Å²) >= 11 is 0. The lowest BCUT2D eigenvalue weighted by Gasteiger charge is -2.07. The molecular formula is C4H8N4O2. The van der Waals surface area contributed by atoms with Gasteiger partial charge in [0.25, 0.3) is 0 Å². The van der Waals surface area contributed by atoms with E-state index in [4.69, 9.17) is 16.4 Å². The predicted octanol–water partition coefficient (Wildman–Crippen LogP) is 0.0971. The number of nitrogens with zero attached hydrogens (tertiary/aromatic N) is 3. The van der Waals surface area contributed by atoms with Crippen molar-refractivity contribution in [3.63, 3.8) is 0 Å². The van der Waals surface area contributed by atoms with E-state index in [0.29, 0.717) is 0 Å². The summed E-state index contributed by atoms with van der Waals surface area (Å²) in [6.45, 7) is 1.44. The molecule has 0 aliphatic heterocycles. The molecule has 0 amide bonds. The van der Waals surface area contributed by atoms with Crippen molar-refractivity contribution < 1.29 is 9.90 Å². The van der Waals surface area contributed by atoms with Crippen LogP contribution in [0.5, 0.6) is 0 Å². The minimum Gasteiger partial charge on any atom is -0.480 e. The van der Waals surface area contributed by atoms with Gasteiger partial charge in [0.05, 0.1) is 6.04 Å². The third kappa shape index (κ3) is 2.34. The lowest BCUT2D eigenvalue weighted by atomic mass is 10.2. The average Bonchev–Trinajstić information content (AvgIpc) is 1.87. The van der Waals surface area contributed by atoms with E-state index < -0.39 is 18.1 Å². The first-order valence-electron chi connectivity index (χ1n) is 2.62. The van der Waals surface area contributed by atoms with Crippen LogP contribution in [-0.2, 0) is 4.79 Å². The maximum atomic E-state index is 10.1. The number of nitrogens with two attached hydrogens (primary N) is 1. The number of carbonyl (C=O) groups is 1. The molecule has 0 bridgehead atoms. The number of azide groups is 1. The number of carboxylic acid groups (broad SMARTS) is 1. The number of hydrogen-bond acceptors (Lipinski definition) is 3. The first-order chi connectivity index (χ1) is 4.59. The molecule has 0 aliphatic rings. The summed E-state index contributed by atoms with van der Waals surface area (Å²) < 4.78 is 0. The van der Waals surface area contributed by atoms with Gasteiger partial charge in [0.1, 0.15) is 6.04 Å². The van der Waals surface area contributed by atoms with Crippen molar-refractivity contribution in [3.8, 4) is 0 Å². The zero-order valence-electron chi connectivity index (χ0n) is 5.43. The third-order valence-corrected chi connectivity index (χ3v) is 1.04. The molecule has 0 fully saturated rings. The van der Waals surface area contributed by atoms with Crippen molar-refractivity contribution in [2.24, 2.45) is 10.8 Å². The van der Waals surface area contributed by atoms with Crippen LogP contribution < -0.4 is 5.73 Å². The largest absolute Gasteiger partial charge is 0.480 e. The van der Waals surface area contributed by atoms with Crippen LogP contribution in [-0.4, -0.2) is 23.2 Å². The first-order valence-corrected chi connectivity index (χ1v) is 2.62. The van der Waals surface area contributed by atoms with Gasteiger partial charge in [-0.2, -0.15) is 0 Å². The smallest absolute Gasteiger partial charge is 0.320 e. The fourth-order valence-corrected chi connectivity index (χ4v) is 0.360. The highest BCUT2D eigenvalue weighted by Gasteiger charge is 2.17. The summed E-state index contributed by atoms with van der Waals surface area (Å²) in [5.74, 6) is -1.17.